The molecule has 0 aromatic carbocycles. The second-order valence-electron chi connectivity index (χ2n) is 4.63. The Kier molecular flexibility index (Phi) is 7.91. The third-order valence-electron chi connectivity index (χ3n) is 2.98. The standard InChI is InChI=1S/C14H22N2O3S/c1-2-4-11(6-7-17)9-15-13(18)10-16-14(19)12-5-3-8-20-12/h3,5,8,11,17H,2,4,6-7,9-10H2,1H3,(H,15,18)(H,16,19). The van der Waals surface area contributed by atoms with Gasteiger partial charge in [-0.15, -0.1) is 11.3 Å². The molecule has 112 valence electrons. The number of carbonyl (C=O) groups is 2. The van der Waals surface area contributed by atoms with E-state index in [2.05, 4.69) is 17.6 Å². The van der Waals surface area contributed by atoms with Crippen LogP contribution in [0.4, 0.5) is 0 Å². The Morgan fingerprint density at radius 1 is 1.35 bits per heavy atom. The molecule has 0 spiro atoms. The van der Waals surface area contributed by atoms with E-state index in [0.29, 0.717) is 23.8 Å². The molecular formula is C14H22N2O3S. The predicted molar refractivity (Wildman–Crippen MR) is 79.8 cm³/mol. The van der Waals surface area contributed by atoms with Crippen LogP contribution in [0.1, 0.15) is 35.9 Å². The van der Waals surface area contributed by atoms with E-state index in [1.807, 2.05) is 5.38 Å². The number of nitrogens with one attached hydrogen (secondary N) is 2. The second-order valence-corrected chi connectivity index (χ2v) is 5.58. The number of rotatable bonds is 9. The number of hydrogen-bond donors (Lipinski definition) is 3. The molecule has 0 aliphatic heterocycles. The number of thiophene rings is 1. The van der Waals surface area contributed by atoms with E-state index in [-0.39, 0.29) is 25.0 Å². The highest BCUT2D eigenvalue weighted by atomic mass is 32.1. The zero-order valence-electron chi connectivity index (χ0n) is 11.7. The molecule has 3 N–H and O–H groups in total. The fourth-order valence-corrected chi connectivity index (χ4v) is 2.56. The molecule has 1 rings (SSSR count). The van der Waals surface area contributed by atoms with E-state index in [1.165, 1.54) is 11.3 Å². The number of carbonyl (C=O) groups excluding carboxylic acids is 2. The van der Waals surface area contributed by atoms with Crippen molar-refractivity contribution in [3.8, 4) is 0 Å². The minimum Gasteiger partial charge on any atom is -0.396 e. The van der Waals surface area contributed by atoms with Crippen molar-refractivity contribution in [1.82, 2.24) is 10.6 Å². The lowest BCUT2D eigenvalue weighted by molar-refractivity contribution is -0.120. The van der Waals surface area contributed by atoms with Crippen LogP contribution in [0.3, 0.4) is 0 Å². The van der Waals surface area contributed by atoms with E-state index in [1.54, 1.807) is 12.1 Å². The van der Waals surface area contributed by atoms with Gasteiger partial charge >= 0.3 is 0 Å². The van der Waals surface area contributed by atoms with Gasteiger partial charge in [0.1, 0.15) is 0 Å². The summed E-state index contributed by atoms with van der Waals surface area (Å²) in [5.41, 5.74) is 0. The minimum atomic E-state index is -0.226. The van der Waals surface area contributed by atoms with Crippen LogP contribution < -0.4 is 10.6 Å². The van der Waals surface area contributed by atoms with Gasteiger partial charge in [-0.1, -0.05) is 19.4 Å². The van der Waals surface area contributed by atoms with Crippen LogP contribution in [0, 0.1) is 5.92 Å². The lowest BCUT2D eigenvalue weighted by atomic mass is 10.0. The highest BCUT2D eigenvalue weighted by molar-refractivity contribution is 7.12. The van der Waals surface area contributed by atoms with Crippen molar-refractivity contribution < 1.29 is 14.7 Å². The summed E-state index contributed by atoms with van der Waals surface area (Å²) in [5, 5.41) is 16.1. The molecule has 20 heavy (non-hydrogen) atoms. The van der Waals surface area contributed by atoms with Crippen molar-refractivity contribution in [2.75, 3.05) is 19.7 Å². The molecule has 1 aromatic heterocycles. The first kappa shape index (κ1) is 16.7. The molecule has 6 heteroatoms. The second kappa shape index (κ2) is 9.50. The van der Waals surface area contributed by atoms with E-state index < -0.39 is 0 Å². The van der Waals surface area contributed by atoms with Crippen molar-refractivity contribution in [1.29, 1.82) is 0 Å². The molecule has 1 aromatic rings. The highest BCUT2D eigenvalue weighted by Gasteiger charge is 2.11. The Hall–Kier alpha value is -1.40. The van der Waals surface area contributed by atoms with Gasteiger partial charge in [-0.25, -0.2) is 0 Å². The lowest BCUT2D eigenvalue weighted by Gasteiger charge is -2.15. The zero-order chi connectivity index (χ0) is 14.8. The normalized spacial score (nSPS) is 11.9. The first-order valence-electron chi connectivity index (χ1n) is 6.86. The minimum absolute atomic E-state index is 0.0191. The van der Waals surface area contributed by atoms with Gasteiger partial charge in [0.25, 0.3) is 5.91 Å². The fourth-order valence-electron chi connectivity index (χ4n) is 1.92. The fraction of sp³-hybridized carbons (Fsp3) is 0.571. The van der Waals surface area contributed by atoms with Crippen molar-refractivity contribution in [2.45, 2.75) is 26.2 Å². The summed E-state index contributed by atoms with van der Waals surface area (Å²) in [6.45, 7) is 2.74. The largest absolute Gasteiger partial charge is 0.396 e. The van der Waals surface area contributed by atoms with Crippen LogP contribution in [-0.4, -0.2) is 36.6 Å². The molecule has 0 aliphatic rings. The van der Waals surface area contributed by atoms with Gasteiger partial charge < -0.3 is 15.7 Å². The van der Waals surface area contributed by atoms with Crippen LogP contribution in [0.5, 0.6) is 0 Å². The maximum atomic E-state index is 11.6. The van der Waals surface area contributed by atoms with E-state index in [0.717, 1.165) is 12.8 Å². The lowest BCUT2D eigenvalue weighted by Crippen LogP contribution is -2.38. The highest BCUT2D eigenvalue weighted by Crippen LogP contribution is 2.09. The molecule has 1 unspecified atom stereocenters. The summed E-state index contributed by atoms with van der Waals surface area (Å²) >= 11 is 1.34. The van der Waals surface area contributed by atoms with Gasteiger partial charge in [0.05, 0.1) is 11.4 Å². The molecule has 1 atom stereocenters. The van der Waals surface area contributed by atoms with Crippen LogP contribution in [-0.2, 0) is 4.79 Å². The summed E-state index contributed by atoms with van der Waals surface area (Å²) in [4.78, 5) is 23.9. The van der Waals surface area contributed by atoms with Crippen molar-refractivity contribution in [3.63, 3.8) is 0 Å². The van der Waals surface area contributed by atoms with Crippen molar-refractivity contribution in [2.24, 2.45) is 5.92 Å². The number of hydrogen-bond acceptors (Lipinski definition) is 4. The molecule has 0 aliphatic carbocycles. The average molecular weight is 298 g/mol. The molecule has 1 heterocycles. The molecule has 0 bridgehead atoms. The molecule has 0 saturated heterocycles. The van der Waals surface area contributed by atoms with Gasteiger partial charge in [-0.05, 0) is 30.2 Å². The monoisotopic (exact) mass is 298 g/mol. The Labute approximate surface area is 123 Å². The number of aliphatic hydroxyl groups is 1. The summed E-state index contributed by atoms with van der Waals surface area (Å²) in [6.07, 6.45) is 2.69. The third-order valence-corrected chi connectivity index (χ3v) is 3.85. The van der Waals surface area contributed by atoms with Crippen molar-refractivity contribution >= 4 is 23.2 Å². The van der Waals surface area contributed by atoms with E-state index in [4.69, 9.17) is 5.11 Å². The van der Waals surface area contributed by atoms with Crippen molar-refractivity contribution in [3.05, 3.63) is 22.4 Å². The van der Waals surface area contributed by atoms with Crippen LogP contribution in [0.2, 0.25) is 0 Å². The summed E-state index contributed by atoms with van der Waals surface area (Å²) < 4.78 is 0. The zero-order valence-corrected chi connectivity index (χ0v) is 12.5. The van der Waals surface area contributed by atoms with Gasteiger partial charge in [0.15, 0.2) is 0 Å². The number of amides is 2. The summed E-state index contributed by atoms with van der Waals surface area (Å²) in [7, 11) is 0. The first-order chi connectivity index (χ1) is 9.67. The number of aliphatic hydroxyl groups excluding tert-OH is 1. The molecule has 2 amide bonds. The topological polar surface area (TPSA) is 78.4 Å². The maximum absolute atomic E-state index is 11.6. The van der Waals surface area contributed by atoms with Gasteiger partial charge in [-0.2, -0.15) is 0 Å². The van der Waals surface area contributed by atoms with E-state index >= 15 is 0 Å². The van der Waals surface area contributed by atoms with Gasteiger partial charge in [-0.3, -0.25) is 9.59 Å². The molecule has 5 nitrogen and oxygen atoms in total. The SMILES string of the molecule is CCCC(CCO)CNC(=O)CNC(=O)c1cccs1. The summed E-state index contributed by atoms with van der Waals surface area (Å²) in [5.74, 6) is -0.133. The third kappa shape index (κ3) is 6.16. The quantitative estimate of drug-likeness (QED) is 0.645. The molecule has 0 radical (unpaired) electrons. The molecule has 0 saturated carbocycles. The Morgan fingerprint density at radius 3 is 2.75 bits per heavy atom. The smallest absolute Gasteiger partial charge is 0.261 e. The van der Waals surface area contributed by atoms with Crippen LogP contribution >= 0.6 is 11.3 Å². The van der Waals surface area contributed by atoms with Crippen LogP contribution in [0.25, 0.3) is 0 Å². The average Bonchev–Trinajstić information content (AvgIpc) is 2.97. The maximum Gasteiger partial charge on any atom is 0.261 e. The molecule has 0 fully saturated rings. The Bertz CT molecular complexity index is 401. The summed E-state index contributed by atoms with van der Waals surface area (Å²) in [6, 6.07) is 3.51. The predicted octanol–water partition coefficient (Wildman–Crippen LogP) is 1.39. The first-order valence-corrected chi connectivity index (χ1v) is 7.74. The van der Waals surface area contributed by atoms with Gasteiger partial charge in [0, 0.05) is 13.2 Å². The van der Waals surface area contributed by atoms with E-state index in [9.17, 15) is 9.59 Å². The van der Waals surface area contributed by atoms with Crippen LogP contribution in [0.15, 0.2) is 17.5 Å². The Balaban J connectivity index is 2.24. The molecular weight excluding hydrogens is 276 g/mol. The van der Waals surface area contributed by atoms with Gasteiger partial charge in [0.2, 0.25) is 5.91 Å². The Morgan fingerprint density at radius 2 is 2.15 bits per heavy atom.